The predicted octanol–water partition coefficient (Wildman–Crippen LogP) is 4.23. The molecule has 3 rings (SSSR count). The van der Waals surface area contributed by atoms with Gasteiger partial charge in [0.25, 0.3) is 0 Å². The molecule has 0 amide bonds. The average molecular weight is 330 g/mol. The minimum absolute atomic E-state index is 0.555. The van der Waals surface area contributed by atoms with Gasteiger partial charge in [0, 0.05) is 10.9 Å². The fourth-order valence-corrected chi connectivity index (χ4v) is 4.15. The van der Waals surface area contributed by atoms with Crippen molar-refractivity contribution < 1.29 is 9.90 Å². The Morgan fingerprint density at radius 3 is 2.68 bits per heavy atom. The molecule has 1 atom stereocenters. The van der Waals surface area contributed by atoms with Crippen LogP contribution in [-0.2, 0) is 4.79 Å². The summed E-state index contributed by atoms with van der Waals surface area (Å²) in [5.74, 6) is -0.181. The van der Waals surface area contributed by atoms with Gasteiger partial charge in [-0.05, 0) is 19.4 Å². The largest absolute Gasteiger partial charge is 0.480 e. The summed E-state index contributed by atoms with van der Waals surface area (Å²) in [6.07, 6.45) is 0. The highest BCUT2D eigenvalue weighted by Crippen LogP contribution is 2.39. The van der Waals surface area contributed by atoms with Gasteiger partial charge in [-0.15, -0.1) is 11.3 Å². The van der Waals surface area contributed by atoms with Crippen LogP contribution in [0.1, 0.15) is 12.7 Å². The van der Waals surface area contributed by atoms with Crippen LogP contribution in [0.4, 0.5) is 0 Å². The number of aryl methyl sites for hydroxylation is 1. The van der Waals surface area contributed by atoms with Crippen LogP contribution >= 0.6 is 23.1 Å². The number of rotatable bonds is 4. The van der Waals surface area contributed by atoms with Gasteiger partial charge >= 0.3 is 5.97 Å². The van der Waals surface area contributed by atoms with E-state index in [1.807, 2.05) is 37.3 Å². The maximum atomic E-state index is 11.2. The van der Waals surface area contributed by atoms with Crippen molar-refractivity contribution in [1.82, 2.24) is 9.97 Å². The lowest BCUT2D eigenvalue weighted by atomic mass is 10.1. The lowest BCUT2D eigenvalue weighted by molar-refractivity contribution is -0.136. The molecular formula is C16H14N2O2S2. The van der Waals surface area contributed by atoms with Gasteiger partial charge in [0.15, 0.2) is 0 Å². The number of nitrogens with zero attached hydrogens (tertiary/aromatic N) is 2. The van der Waals surface area contributed by atoms with Crippen molar-refractivity contribution in [2.24, 2.45) is 0 Å². The van der Waals surface area contributed by atoms with E-state index in [0.29, 0.717) is 5.82 Å². The second-order valence-corrected chi connectivity index (χ2v) is 7.06. The first-order valence-corrected chi connectivity index (χ1v) is 8.53. The summed E-state index contributed by atoms with van der Waals surface area (Å²) < 4.78 is 0. The van der Waals surface area contributed by atoms with Gasteiger partial charge in [-0.2, -0.15) is 0 Å². The summed E-state index contributed by atoms with van der Waals surface area (Å²) in [6, 6.07) is 10.0. The number of carboxylic acid groups (broad SMARTS) is 1. The lowest BCUT2D eigenvalue weighted by Crippen LogP contribution is -2.11. The zero-order valence-corrected chi connectivity index (χ0v) is 13.7. The minimum Gasteiger partial charge on any atom is -0.480 e. The lowest BCUT2D eigenvalue weighted by Gasteiger charge is -2.09. The number of hydrogen-bond acceptors (Lipinski definition) is 5. The van der Waals surface area contributed by atoms with Crippen molar-refractivity contribution in [2.45, 2.75) is 24.1 Å². The Labute approximate surface area is 136 Å². The highest BCUT2D eigenvalue weighted by molar-refractivity contribution is 8.00. The molecule has 0 aliphatic rings. The first kappa shape index (κ1) is 15.0. The predicted molar refractivity (Wildman–Crippen MR) is 90.5 cm³/mol. The summed E-state index contributed by atoms with van der Waals surface area (Å²) in [5, 5.41) is 12.3. The van der Waals surface area contributed by atoms with Gasteiger partial charge in [-0.25, -0.2) is 9.97 Å². The SMILES string of the molecule is Cc1nc(SC(C)C(=O)O)c2c(-c3ccccc3)csc2n1. The van der Waals surface area contributed by atoms with E-state index in [1.54, 1.807) is 18.3 Å². The standard InChI is InChI=1S/C16H14N2O2S2/c1-9(16(19)20)22-15-13-12(11-6-4-3-5-7-11)8-21-14(13)17-10(2)18-15/h3-9H,1-2H3,(H,19,20). The quantitative estimate of drug-likeness (QED) is 0.573. The molecular weight excluding hydrogens is 316 g/mol. The van der Waals surface area contributed by atoms with E-state index in [0.717, 1.165) is 26.4 Å². The van der Waals surface area contributed by atoms with Crippen LogP contribution < -0.4 is 0 Å². The number of benzene rings is 1. The molecule has 2 heterocycles. The number of hydrogen-bond donors (Lipinski definition) is 1. The van der Waals surface area contributed by atoms with E-state index in [9.17, 15) is 4.79 Å². The molecule has 0 aliphatic carbocycles. The minimum atomic E-state index is -0.842. The number of aliphatic carboxylic acids is 1. The van der Waals surface area contributed by atoms with Gasteiger partial charge in [-0.1, -0.05) is 42.1 Å². The van der Waals surface area contributed by atoms with E-state index < -0.39 is 11.2 Å². The summed E-state index contributed by atoms with van der Waals surface area (Å²) in [4.78, 5) is 21.0. The van der Waals surface area contributed by atoms with E-state index in [2.05, 4.69) is 15.3 Å². The van der Waals surface area contributed by atoms with Crippen molar-refractivity contribution >= 4 is 39.3 Å². The van der Waals surface area contributed by atoms with Crippen LogP contribution in [0.25, 0.3) is 21.3 Å². The summed E-state index contributed by atoms with van der Waals surface area (Å²) in [6.45, 7) is 3.50. The highest BCUT2D eigenvalue weighted by Gasteiger charge is 2.19. The Morgan fingerprint density at radius 1 is 1.27 bits per heavy atom. The van der Waals surface area contributed by atoms with Crippen molar-refractivity contribution in [2.75, 3.05) is 0 Å². The second kappa shape index (κ2) is 6.06. The molecule has 1 unspecified atom stereocenters. The zero-order chi connectivity index (χ0) is 15.7. The van der Waals surface area contributed by atoms with Crippen LogP contribution in [0.2, 0.25) is 0 Å². The first-order chi connectivity index (χ1) is 10.6. The number of carbonyl (C=O) groups is 1. The number of carboxylic acids is 1. The summed E-state index contributed by atoms with van der Waals surface area (Å²) >= 11 is 2.83. The Bertz CT molecular complexity index is 831. The maximum absolute atomic E-state index is 11.2. The third kappa shape index (κ3) is 2.84. The molecule has 1 aromatic carbocycles. The fourth-order valence-electron chi connectivity index (χ4n) is 2.14. The molecule has 6 heteroatoms. The third-order valence-corrected chi connectivity index (χ3v) is 5.18. The number of fused-ring (bicyclic) bond motifs is 1. The molecule has 1 N–H and O–H groups in total. The smallest absolute Gasteiger partial charge is 0.316 e. The first-order valence-electron chi connectivity index (χ1n) is 6.77. The van der Waals surface area contributed by atoms with Crippen LogP contribution in [0.5, 0.6) is 0 Å². The number of thiophene rings is 1. The van der Waals surface area contributed by atoms with Gasteiger partial charge in [0.2, 0.25) is 0 Å². The summed E-state index contributed by atoms with van der Waals surface area (Å²) in [5.41, 5.74) is 2.15. The molecule has 2 aromatic heterocycles. The number of thioether (sulfide) groups is 1. The third-order valence-electron chi connectivity index (χ3n) is 3.23. The monoisotopic (exact) mass is 330 g/mol. The van der Waals surface area contributed by atoms with Crippen molar-refractivity contribution in [1.29, 1.82) is 0 Å². The van der Waals surface area contributed by atoms with E-state index in [1.165, 1.54) is 11.8 Å². The van der Waals surface area contributed by atoms with Gasteiger partial charge in [0.05, 0.1) is 5.39 Å². The zero-order valence-electron chi connectivity index (χ0n) is 12.1. The molecule has 112 valence electrons. The van der Waals surface area contributed by atoms with Crippen LogP contribution in [0, 0.1) is 6.92 Å². The molecule has 0 spiro atoms. The van der Waals surface area contributed by atoms with Crippen LogP contribution in [-0.4, -0.2) is 26.3 Å². The van der Waals surface area contributed by atoms with Crippen molar-refractivity contribution in [3.63, 3.8) is 0 Å². The average Bonchev–Trinajstić information content (AvgIpc) is 2.91. The number of aromatic nitrogens is 2. The normalized spacial score (nSPS) is 12.5. The molecule has 4 nitrogen and oxygen atoms in total. The molecule has 0 saturated carbocycles. The van der Waals surface area contributed by atoms with Gasteiger partial charge in [0.1, 0.15) is 20.9 Å². The molecule has 0 saturated heterocycles. The van der Waals surface area contributed by atoms with Crippen LogP contribution in [0.3, 0.4) is 0 Å². The molecule has 3 aromatic rings. The molecule has 0 radical (unpaired) electrons. The highest BCUT2D eigenvalue weighted by atomic mass is 32.2. The molecule has 0 fully saturated rings. The maximum Gasteiger partial charge on any atom is 0.316 e. The molecule has 0 bridgehead atoms. The molecule has 0 aliphatic heterocycles. The van der Waals surface area contributed by atoms with E-state index in [-0.39, 0.29) is 0 Å². The topological polar surface area (TPSA) is 63.1 Å². The fraction of sp³-hybridized carbons (Fsp3) is 0.188. The van der Waals surface area contributed by atoms with E-state index in [4.69, 9.17) is 5.11 Å². The second-order valence-electron chi connectivity index (χ2n) is 4.87. The Kier molecular flexibility index (Phi) is 4.13. The Morgan fingerprint density at radius 2 is 2.00 bits per heavy atom. The van der Waals surface area contributed by atoms with Crippen molar-refractivity contribution in [3.05, 3.63) is 41.5 Å². The Balaban J connectivity index is 2.18. The Hall–Kier alpha value is -1.92. The molecule has 22 heavy (non-hydrogen) atoms. The van der Waals surface area contributed by atoms with E-state index >= 15 is 0 Å². The van der Waals surface area contributed by atoms with Gasteiger partial charge < -0.3 is 5.11 Å². The summed E-state index contributed by atoms with van der Waals surface area (Å²) in [7, 11) is 0. The van der Waals surface area contributed by atoms with Gasteiger partial charge in [-0.3, -0.25) is 4.79 Å². The van der Waals surface area contributed by atoms with Crippen LogP contribution in [0.15, 0.2) is 40.7 Å². The van der Waals surface area contributed by atoms with Crippen molar-refractivity contribution in [3.8, 4) is 11.1 Å².